The van der Waals surface area contributed by atoms with Gasteiger partial charge in [0.15, 0.2) is 6.61 Å². The van der Waals surface area contributed by atoms with Gasteiger partial charge in [-0.3, -0.25) is 19.7 Å². The first-order valence-electron chi connectivity index (χ1n) is 14.6. The average Bonchev–Trinajstić information content (AvgIpc) is 2.93. The number of hydrogen-bond donors (Lipinski definition) is 0. The van der Waals surface area contributed by atoms with Crippen molar-refractivity contribution in [2.75, 3.05) is 19.7 Å². The van der Waals surface area contributed by atoms with Crippen LogP contribution in [0.2, 0.25) is 0 Å². The molecule has 0 N–H and O–H groups in total. The Labute approximate surface area is 242 Å². The van der Waals surface area contributed by atoms with Gasteiger partial charge < -0.3 is 23.4 Å². The minimum absolute atomic E-state index is 0.00929. The van der Waals surface area contributed by atoms with E-state index >= 15 is 0 Å². The molecule has 42 heavy (non-hydrogen) atoms. The van der Waals surface area contributed by atoms with E-state index in [4.69, 9.17) is 13.9 Å². The summed E-state index contributed by atoms with van der Waals surface area (Å²) in [6, 6.07) is 6.23. The van der Waals surface area contributed by atoms with Gasteiger partial charge in [0.05, 0.1) is 10.3 Å². The van der Waals surface area contributed by atoms with Crippen LogP contribution < -0.4 is 20.7 Å². The molecule has 2 bridgehead atoms. The van der Waals surface area contributed by atoms with Crippen molar-refractivity contribution in [1.29, 1.82) is 0 Å². The zero-order valence-corrected chi connectivity index (χ0v) is 24.1. The van der Waals surface area contributed by atoms with Crippen molar-refractivity contribution in [2.45, 2.75) is 77.4 Å². The Morgan fingerprint density at radius 1 is 1.19 bits per heavy atom. The van der Waals surface area contributed by atoms with Gasteiger partial charge in [0.2, 0.25) is 0 Å². The first kappa shape index (κ1) is 28.0. The first-order chi connectivity index (χ1) is 20.0. The number of piperidine rings is 1. The van der Waals surface area contributed by atoms with Gasteiger partial charge in [-0.15, -0.1) is 0 Å². The number of amides is 1. The molecule has 11 nitrogen and oxygen atoms in total. The van der Waals surface area contributed by atoms with Crippen LogP contribution in [0.3, 0.4) is 0 Å². The molecule has 0 spiro atoms. The molecule has 0 aliphatic carbocycles. The van der Waals surface area contributed by atoms with Crippen LogP contribution in [0, 0.1) is 16.0 Å². The molecule has 3 aliphatic heterocycles. The summed E-state index contributed by atoms with van der Waals surface area (Å²) in [6.45, 7) is 7.06. The molecule has 6 rings (SSSR count). The number of hydrogen-bond acceptors (Lipinski definition) is 8. The van der Waals surface area contributed by atoms with Crippen LogP contribution in [-0.4, -0.2) is 45.6 Å². The molecular formula is C31H35N3O8. The Morgan fingerprint density at radius 3 is 2.76 bits per heavy atom. The van der Waals surface area contributed by atoms with Gasteiger partial charge >= 0.3 is 16.9 Å². The molecule has 5 heterocycles. The molecule has 1 saturated heterocycles. The van der Waals surface area contributed by atoms with Gasteiger partial charge in [0.1, 0.15) is 22.7 Å². The number of aryl methyl sites for hydroxylation is 2. The molecule has 1 unspecified atom stereocenters. The number of carbonyl (C=O) groups excluding carboxylic acids is 1. The van der Waals surface area contributed by atoms with E-state index in [1.54, 1.807) is 11.0 Å². The van der Waals surface area contributed by atoms with Gasteiger partial charge in [-0.05, 0) is 63.5 Å². The Bertz CT molecular complexity index is 1700. The number of unbranched alkanes of at least 4 members (excludes halogenated alkanes) is 1. The molecule has 3 aromatic rings. The number of ether oxygens (including phenoxy) is 2. The van der Waals surface area contributed by atoms with Gasteiger partial charge in [-0.2, -0.15) is 0 Å². The van der Waals surface area contributed by atoms with Gasteiger partial charge in [0, 0.05) is 55.0 Å². The summed E-state index contributed by atoms with van der Waals surface area (Å²) in [4.78, 5) is 51.1. The highest BCUT2D eigenvalue weighted by atomic mass is 16.6. The monoisotopic (exact) mass is 577 g/mol. The van der Waals surface area contributed by atoms with E-state index in [9.17, 15) is 24.5 Å². The quantitative estimate of drug-likeness (QED) is 0.230. The topological polar surface area (TPSA) is 134 Å². The Hall–Kier alpha value is -4.15. The van der Waals surface area contributed by atoms with Crippen molar-refractivity contribution in [1.82, 2.24) is 9.47 Å². The normalized spacial score (nSPS) is 20.4. The molecule has 1 aromatic carbocycles. The van der Waals surface area contributed by atoms with E-state index < -0.39 is 27.4 Å². The number of nitrogens with zero attached hydrogens (tertiary/aromatic N) is 3. The molecular weight excluding hydrogens is 542 g/mol. The summed E-state index contributed by atoms with van der Waals surface area (Å²) in [5, 5.41) is 12.0. The molecule has 11 heteroatoms. The lowest BCUT2D eigenvalue weighted by atomic mass is 9.83. The summed E-state index contributed by atoms with van der Waals surface area (Å²) in [5.74, 6) is 0.772. The zero-order chi connectivity index (χ0) is 29.8. The second kappa shape index (κ2) is 10.6. The third-order valence-electron chi connectivity index (χ3n) is 8.77. The van der Waals surface area contributed by atoms with E-state index in [2.05, 4.69) is 6.92 Å². The van der Waals surface area contributed by atoms with Crippen molar-refractivity contribution in [3.8, 4) is 11.5 Å². The number of likely N-dealkylation sites (tertiary alicyclic amines) is 1. The highest BCUT2D eigenvalue weighted by Crippen LogP contribution is 2.43. The summed E-state index contributed by atoms with van der Waals surface area (Å²) in [5.41, 5.74) is 1.03. The number of nitro groups is 1. The van der Waals surface area contributed by atoms with E-state index in [0.29, 0.717) is 54.9 Å². The maximum atomic E-state index is 13.5. The van der Waals surface area contributed by atoms with Gasteiger partial charge in [-0.1, -0.05) is 13.3 Å². The Kier molecular flexibility index (Phi) is 7.06. The number of rotatable bonds is 7. The second-order valence-corrected chi connectivity index (χ2v) is 12.3. The summed E-state index contributed by atoms with van der Waals surface area (Å²) >= 11 is 0. The molecule has 222 valence electrons. The van der Waals surface area contributed by atoms with Crippen LogP contribution in [0.5, 0.6) is 11.5 Å². The van der Waals surface area contributed by atoms with Gasteiger partial charge in [0.25, 0.3) is 5.91 Å². The Balaban J connectivity index is 1.28. The van der Waals surface area contributed by atoms with E-state index in [0.717, 1.165) is 42.5 Å². The SMILES string of the molecule is CCCCc1cc(=O)oc2c3c(cc(OCC(=O)N4CC5C[C@@H](C4)Cn4c5ccc([N+](=O)[O-])c4=O)c12)OC(C)(C)CC3. The average molecular weight is 578 g/mol. The molecule has 1 amide bonds. The fraction of sp³-hybridized carbons (Fsp3) is 0.516. The standard InChI is InChI=1S/C31H35N3O8/c1-4-5-6-19-12-27(36)41-29-21-9-10-31(2,3)42-24(21)13-25(28(19)29)40-17-26(35)32-14-18-11-20(16-32)22-7-8-23(34(38)39)30(37)33(22)15-18/h7-8,12-13,18,20H,4-6,9-11,14-17H2,1-3H3/t18-,20?/m0/s1. The van der Waals surface area contributed by atoms with Crippen LogP contribution in [0.25, 0.3) is 11.0 Å². The minimum Gasteiger partial charge on any atom is -0.487 e. The van der Waals surface area contributed by atoms with Crippen LogP contribution in [0.1, 0.15) is 69.2 Å². The maximum absolute atomic E-state index is 13.5. The predicted octanol–water partition coefficient (Wildman–Crippen LogP) is 4.33. The third kappa shape index (κ3) is 5.05. The van der Waals surface area contributed by atoms with Crippen molar-refractivity contribution in [3.05, 3.63) is 72.0 Å². The molecule has 2 aromatic heterocycles. The molecule has 2 atom stereocenters. The highest BCUT2D eigenvalue weighted by Gasteiger charge is 2.38. The summed E-state index contributed by atoms with van der Waals surface area (Å²) < 4.78 is 19.7. The van der Waals surface area contributed by atoms with Crippen LogP contribution in [0.4, 0.5) is 5.69 Å². The van der Waals surface area contributed by atoms with Gasteiger partial charge in [-0.25, -0.2) is 4.79 Å². The summed E-state index contributed by atoms with van der Waals surface area (Å²) in [6.07, 6.45) is 4.81. The summed E-state index contributed by atoms with van der Waals surface area (Å²) in [7, 11) is 0. The Morgan fingerprint density at radius 2 is 2.00 bits per heavy atom. The molecule has 0 saturated carbocycles. The molecule has 0 radical (unpaired) electrons. The lowest BCUT2D eigenvalue weighted by Crippen LogP contribution is -2.50. The van der Waals surface area contributed by atoms with Crippen molar-refractivity contribution in [3.63, 3.8) is 0 Å². The minimum atomic E-state index is -0.650. The fourth-order valence-electron chi connectivity index (χ4n) is 6.70. The number of fused-ring (bicyclic) bond motifs is 7. The number of pyridine rings is 1. The largest absolute Gasteiger partial charge is 0.487 e. The number of carbonyl (C=O) groups is 1. The zero-order valence-electron chi connectivity index (χ0n) is 24.1. The maximum Gasteiger partial charge on any atom is 0.336 e. The lowest BCUT2D eigenvalue weighted by Gasteiger charge is -2.42. The fourth-order valence-corrected chi connectivity index (χ4v) is 6.70. The van der Waals surface area contributed by atoms with Crippen LogP contribution in [0.15, 0.2) is 38.3 Å². The van der Waals surface area contributed by atoms with Crippen LogP contribution in [-0.2, 0) is 24.2 Å². The first-order valence-corrected chi connectivity index (χ1v) is 14.6. The van der Waals surface area contributed by atoms with E-state index in [-0.39, 0.29) is 24.3 Å². The smallest absolute Gasteiger partial charge is 0.336 e. The highest BCUT2D eigenvalue weighted by molar-refractivity contribution is 5.92. The van der Waals surface area contributed by atoms with Crippen molar-refractivity contribution in [2.24, 2.45) is 5.92 Å². The predicted molar refractivity (Wildman–Crippen MR) is 154 cm³/mol. The van der Waals surface area contributed by atoms with E-state index in [1.165, 1.54) is 16.7 Å². The molecule has 1 fully saturated rings. The number of aromatic nitrogens is 1. The van der Waals surface area contributed by atoms with E-state index in [1.807, 2.05) is 19.9 Å². The van der Waals surface area contributed by atoms with Crippen molar-refractivity contribution < 1.29 is 23.6 Å². The molecule has 3 aliphatic rings. The van der Waals surface area contributed by atoms with Crippen molar-refractivity contribution >= 4 is 22.6 Å². The third-order valence-corrected chi connectivity index (χ3v) is 8.77. The second-order valence-electron chi connectivity index (χ2n) is 12.3. The number of benzene rings is 1. The lowest BCUT2D eigenvalue weighted by molar-refractivity contribution is -0.386. The van der Waals surface area contributed by atoms with Crippen LogP contribution >= 0.6 is 0 Å².